The lowest BCUT2D eigenvalue weighted by Crippen LogP contribution is -2.31. The minimum absolute atomic E-state index is 0.215. The van der Waals surface area contributed by atoms with E-state index in [1.807, 2.05) is 19.1 Å². The minimum Gasteiger partial charge on any atom is -0.384 e. The molecule has 0 bridgehead atoms. The Morgan fingerprint density at radius 2 is 2.08 bits per heavy atom. The summed E-state index contributed by atoms with van der Waals surface area (Å²) in [6.45, 7) is 3.68. The number of nitrogens with zero attached hydrogens (tertiary/aromatic N) is 2. The van der Waals surface area contributed by atoms with Crippen LogP contribution in [0.15, 0.2) is 35.2 Å². The number of ether oxygens (including phenoxy) is 1. The van der Waals surface area contributed by atoms with E-state index in [1.165, 1.54) is 12.3 Å². The summed E-state index contributed by atoms with van der Waals surface area (Å²) < 4.78 is 29.7. The van der Waals surface area contributed by atoms with Crippen molar-refractivity contribution in [2.45, 2.75) is 24.3 Å². The predicted molar refractivity (Wildman–Crippen MR) is 103 cm³/mol. The maximum Gasteiger partial charge on any atom is 0.175 e. The van der Waals surface area contributed by atoms with Crippen LogP contribution in [0.5, 0.6) is 0 Å². The number of rotatable bonds is 3. The molecule has 1 aromatic heterocycles. The van der Waals surface area contributed by atoms with E-state index in [0.717, 1.165) is 29.9 Å². The normalized spacial score (nSPS) is 18.6. The Balaban J connectivity index is 2.10. The molecule has 3 rings (SSSR count). The summed E-state index contributed by atoms with van der Waals surface area (Å²) in [6, 6.07) is 8.36. The van der Waals surface area contributed by atoms with Crippen LogP contribution in [0.25, 0.3) is 0 Å². The van der Waals surface area contributed by atoms with Crippen molar-refractivity contribution in [3.63, 3.8) is 0 Å². The SMILES string of the molecule is Cc1cc(N2CCCOC[C@@H]2c2cc(S(C)(=O)=O)ccc2Cl)cc(N)n1. The molecule has 0 spiro atoms. The summed E-state index contributed by atoms with van der Waals surface area (Å²) in [5, 5.41) is 0.511. The topological polar surface area (TPSA) is 85.5 Å². The van der Waals surface area contributed by atoms with Crippen molar-refractivity contribution >= 4 is 32.9 Å². The number of nitrogen functional groups attached to an aromatic ring is 1. The summed E-state index contributed by atoms with van der Waals surface area (Å²) in [5.41, 5.74) is 8.39. The Hall–Kier alpha value is -1.83. The zero-order chi connectivity index (χ0) is 18.9. The highest BCUT2D eigenvalue weighted by atomic mass is 35.5. The monoisotopic (exact) mass is 395 g/mol. The molecule has 1 aromatic carbocycles. The largest absolute Gasteiger partial charge is 0.384 e. The smallest absolute Gasteiger partial charge is 0.175 e. The summed E-state index contributed by atoms with van der Waals surface area (Å²) in [6.07, 6.45) is 2.04. The van der Waals surface area contributed by atoms with Gasteiger partial charge in [0.2, 0.25) is 0 Å². The third-order valence-corrected chi connectivity index (χ3v) is 5.84. The average molecular weight is 396 g/mol. The molecule has 2 N–H and O–H groups in total. The highest BCUT2D eigenvalue weighted by Crippen LogP contribution is 2.35. The Labute approximate surface area is 158 Å². The Kier molecular flexibility index (Phi) is 5.41. The number of aryl methyl sites for hydroxylation is 1. The van der Waals surface area contributed by atoms with E-state index in [0.29, 0.717) is 24.1 Å². The molecular weight excluding hydrogens is 374 g/mol. The van der Waals surface area contributed by atoms with Gasteiger partial charge in [-0.1, -0.05) is 11.6 Å². The lowest BCUT2D eigenvalue weighted by Gasteiger charge is -2.32. The molecular formula is C18H22ClN3O3S. The second-order valence-electron chi connectivity index (χ2n) is 6.48. The van der Waals surface area contributed by atoms with Gasteiger partial charge < -0.3 is 15.4 Å². The van der Waals surface area contributed by atoms with Crippen molar-refractivity contribution in [1.82, 2.24) is 4.98 Å². The number of anilines is 2. The first kappa shape index (κ1) is 18.9. The molecule has 1 aliphatic heterocycles. The molecule has 1 aliphatic rings. The fourth-order valence-corrected chi connectivity index (χ4v) is 4.09. The first-order chi connectivity index (χ1) is 12.3. The van der Waals surface area contributed by atoms with E-state index < -0.39 is 9.84 Å². The molecule has 0 unspecified atom stereocenters. The van der Waals surface area contributed by atoms with Crippen LogP contribution in [-0.2, 0) is 14.6 Å². The summed E-state index contributed by atoms with van der Waals surface area (Å²) >= 11 is 6.43. The van der Waals surface area contributed by atoms with Crippen molar-refractivity contribution in [2.24, 2.45) is 0 Å². The van der Waals surface area contributed by atoms with Gasteiger partial charge in [-0.2, -0.15) is 0 Å². The molecule has 0 amide bonds. The van der Waals surface area contributed by atoms with E-state index in [2.05, 4.69) is 9.88 Å². The number of hydrogen-bond donors (Lipinski definition) is 1. The zero-order valence-electron chi connectivity index (χ0n) is 14.8. The lowest BCUT2D eigenvalue weighted by molar-refractivity contribution is 0.134. The van der Waals surface area contributed by atoms with Gasteiger partial charge in [0.25, 0.3) is 0 Å². The van der Waals surface area contributed by atoms with Gasteiger partial charge in [0.15, 0.2) is 9.84 Å². The van der Waals surface area contributed by atoms with Crippen LogP contribution in [0, 0.1) is 6.92 Å². The number of pyridine rings is 1. The quantitative estimate of drug-likeness (QED) is 0.859. The first-order valence-corrected chi connectivity index (χ1v) is 10.6. The van der Waals surface area contributed by atoms with Crippen LogP contribution in [0.4, 0.5) is 11.5 Å². The maximum absolute atomic E-state index is 12.0. The van der Waals surface area contributed by atoms with Gasteiger partial charge in [0.05, 0.1) is 17.5 Å². The summed E-state index contributed by atoms with van der Waals surface area (Å²) in [7, 11) is -3.33. The van der Waals surface area contributed by atoms with Gasteiger partial charge in [-0.3, -0.25) is 0 Å². The molecule has 6 nitrogen and oxygen atoms in total. The number of benzene rings is 1. The molecule has 1 fully saturated rings. The number of nitrogens with two attached hydrogens (primary N) is 1. The van der Waals surface area contributed by atoms with Crippen molar-refractivity contribution < 1.29 is 13.2 Å². The van der Waals surface area contributed by atoms with Crippen LogP contribution in [-0.4, -0.2) is 39.4 Å². The highest BCUT2D eigenvalue weighted by molar-refractivity contribution is 7.90. The molecule has 1 atom stereocenters. The van der Waals surface area contributed by atoms with Gasteiger partial charge in [-0.25, -0.2) is 13.4 Å². The third kappa shape index (κ3) is 4.11. The molecule has 2 aromatic rings. The van der Waals surface area contributed by atoms with E-state index in [4.69, 9.17) is 22.1 Å². The fourth-order valence-electron chi connectivity index (χ4n) is 3.19. The van der Waals surface area contributed by atoms with Crippen LogP contribution < -0.4 is 10.6 Å². The second kappa shape index (κ2) is 7.42. The standard InChI is InChI=1S/C18H22ClN3O3S/c1-12-8-13(9-18(20)21-12)22-6-3-7-25-11-17(22)15-10-14(26(2,23)24)4-5-16(15)19/h4-5,8-10,17H,3,6-7,11H2,1-2H3,(H2,20,21)/t17-/m1/s1. The number of hydrogen-bond acceptors (Lipinski definition) is 6. The van der Waals surface area contributed by atoms with Gasteiger partial charge >= 0.3 is 0 Å². The molecule has 8 heteroatoms. The average Bonchev–Trinajstić information content (AvgIpc) is 2.79. The van der Waals surface area contributed by atoms with Crippen molar-refractivity contribution in [2.75, 3.05) is 36.6 Å². The van der Waals surface area contributed by atoms with E-state index in [1.54, 1.807) is 12.1 Å². The van der Waals surface area contributed by atoms with E-state index >= 15 is 0 Å². The van der Waals surface area contributed by atoms with Gasteiger partial charge in [-0.05, 0) is 43.2 Å². The van der Waals surface area contributed by atoms with Gasteiger partial charge in [0.1, 0.15) is 5.82 Å². The Bertz CT molecular complexity index is 898. The van der Waals surface area contributed by atoms with Crippen LogP contribution in [0.3, 0.4) is 0 Å². The second-order valence-corrected chi connectivity index (χ2v) is 8.91. The fraction of sp³-hybridized carbons (Fsp3) is 0.389. The van der Waals surface area contributed by atoms with Gasteiger partial charge in [0, 0.05) is 41.9 Å². The lowest BCUT2D eigenvalue weighted by atomic mass is 10.0. The number of halogens is 1. The third-order valence-electron chi connectivity index (χ3n) is 4.38. The predicted octanol–water partition coefficient (Wildman–Crippen LogP) is 3.00. The zero-order valence-corrected chi connectivity index (χ0v) is 16.3. The van der Waals surface area contributed by atoms with Gasteiger partial charge in [-0.15, -0.1) is 0 Å². The molecule has 2 heterocycles. The van der Waals surface area contributed by atoms with Crippen molar-refractivity contribution in [3.05, 3.63) is 46.6 Å². The van der Waals surface area contributed by atoms with Crippen LogP contribution in [0.2, 0.25) is 5.02 Å². The van der Waals surface area contributed by atoms with Crippen LogP contribution in [0.1, 0.15) is 23.7 Å². The Morgan fingerprint density at radius 3 is 2.77 bits per heavy atom. The molecule has 0 radical (unpaired) electrons. The first-order valence-electron chi connectivity index (χ1n) is 8.34. The number of aromatic nitrogens is 1. The van der Waals surface area contributed by atoms with E-state index in [9.17, 15) is 8.42 Å². The minimum atomic E-state index is -3.33. The maximum atomic E-state index is 12.0. The highest BCUT2D eigenvalue weighted by Gasteiger charge is 2.27. The number of sulfone groups is 1. The molecule has 0 saturated carbocycles. The van der Waals surface area contributed by atoms with Crippen LogP contribution >= 0.6 is 11.6 Å². The molecule has 26 heavy (non-hydrogen) atoms. The summed E-state index contributed by atoms with van der Waals surface area (Å²) in [4.78, 5) is 6.63. The summed E-state index contributed by atoms with van der Waals surface area (Å²) in [5.74, 6) is 0.444. The molecule has 0 aliphatic carbocycles. The van der Waals surface area contributed by atoms with Crippen molar-refractivity contribution in [3.8, 4) is 0 Å². The Morgan fingerprint density at radius 1 is 1.31 bits per heavy atom. The van der Waals surface area contributed by atoms with Crippen molar-refractivity contribution in [1.29, 1.82) is 0 Å². The molecule has 1 saturated heterocycles. The van der Waals surface area contributed by atoms with E-state index in [-0.39, 0.29) is 10.9 Å². The molecule has 140 valence electrons.